The van der Waals surface area contributed by atoms with Gasteiger partial charge in [-0.2, -0.15) is 0 Å². The molecule has 2 N–H and O–H groups in total. The Bertz CT molecular complexity index is 1290. The second kappa shape index (κ2) is 13.9. The predicted molar refractivity (Wildman–Crippen MR) is 144 cm³/mol. The van der Waals surface area contributed by atoms with Crippen LogP contribution in [0.4, 0.5) is 4.79 Å². The number of Topliss-reactive ketones (excluding diaryl/α,β-unsaturated/α-hetero) is 1. The SMILES string of the molecule is O=C(O)N[C@@H](CCCCCC(=O)c1ccccn1)c1ncc(-c2ccccc2)n1COCc1ccccc1. The van der Waals surface area contributed by atoms with Gasteiger partial charge in [0.25, 0.3) is 0 Å². The molecule has 4 rings (SSSR count). The van der Waals surface area contributed by atoms with Crippen molar-refractivity contribution in [2.24, 2.45) is 0 Å². The summed E-state index contributed by atoms with van der Waals surface area (Å²) >= 11 is 0. The fraction of sp³-hybridized carbons (Fsp3) is 0.267. The summed E-state index contributed by atoms with van der Waals surface area (Å²) in [5, 5.41) is 12.2. The third-order valence-electron chi connectivity index (χ3n) is 6.24. The molecule has 0 fully saturated rings. The standard InChI is InChI=1S/C30H32N4O4/c35-28(25-16-10-11-19-31-25)18-9-3-8-17-26(33-30(36)37)29-32-20-27(24-14-6-2-7-15-24)34(29)22-38-21-23-12-4-1-5-13-23/h1-2,4-7,10-16,19-20,26,33H,3,8-9,17-18,21-22H2,(H,36,37)/t26-/m0/s1. The van der Waals surface area contributed by atoms with E-state index < -0.39 is 12.1 Å². The molecule has 0 saturated heterocycles. The van der Waals surface area contributed by atoms with E-state index in [4.69, 9.17) is 4.74 Å². The maximum Gasteiger partial charge on any atom is 0.405 e. The van der Waals surface area contributed by atoms with Crippen molar-refractivity contribution >= 4 is 11.9 Å². The molecule has 196 valence electrons. The van der Waals surface area contributed by atoms with E-state index in [9.17, 15) is 14.7 Å². The Balaban J connectivity index is 1.44. The third kappa shape index (κ3) is 7.60. The Morgan fingerprint density at radius 3 is 2.34 bits per heavy atom. The van der Waals surface area contributed by atoms with Crippen molar-refractivity contribution in [2.75, 3.05) is 0 Å². The number of carbonyl (C=O) groups excluding carboxylic acids is 1. The van der Waals surface area contributed by atoms with E-state index >= 15 is 0 Å². The van der Waals surface area contributed by atoms with E-state index in [2.05, 4.69) is 15.3 Å². The zero-order chi connectivity index (χ0) is 26.6. The number of aromatic nitrogens is 3. The van der Waals surface area contributed by atoms with Crippen LogP contribution >= 0.6 is 0 Å². The van der Waals surface area contributed by atoms with E-state index in [0.29, 0.717) is 37.4 Å². The minimum Gasteiger partial charge on any atom is -0.465 e. The van der Waals surface area contributed by atoms with Gasteiger partial charge in [-0.1, -0.05) is 79.6 Å². The average molecular weight is 513 g/mol. The van der Waals surface area contributed by atoms with Crippen LogP contribution in [0.5, 0.6) is 0 Å². The van der Waals surface area contributed by atoms with E-state index in [0.717, 1.165) is 29.7 Å². The third-order valence-corrected chi connectivity index (χ3v) is 6.24. The topological polar surface area (TPSA) is 106 Å². The molecule has 4 aromatic rings. The maximum atomic E-state index is 12.3. The van der Waals surface area contributed by atoms with Gasteiger partial charge in [0.2, 0.25) is 0 Å². The fourth-order valence-electron chi connectivity index (χ4n) is 4.35. The Labute approximate surface area is 222 Å². The molecule has 2 heterocycles. The van der Waals surface area contributed by atoms with Gasteiger partial charge >= 0.3 is 6.09 Å². The van der Waals surface area contributed by atoms with Crippen LogP contribution in [0.2, 0.25) is 0 Å². The summed E-state index contributed by atoms with van der Waals surface area (Å²) in [7, 11) is 0. The number of carboxylic acid groups (broad SMARTS) is 1. The average Bonchev–Trinajstić information content (AvgIpc) is 3.37. The number of rotatable bonds is 14. The molecule has 0 saturated carbocycles. The molecule has 8 nitrogen and oxygen atoms in total. The van der Waals surface area contributed by atoms with Crippen molar-refractivity contribution in [3.63, 3.8) is 0 Å². The summed E-state index contributed by atoms with van der Waals surface area (Å²) in [4.78, 5) is 32.7. The highest BCUT2D eigenvalue weighted by atomic mass is 16.5. The predicted octanol–water partition coefficient (Wildman–Crippen LogP) is 6.26. The molecule has 1 amide bonds. The molecule has 0 bridgehead atoms. The van der Waals surface area contributed by atoms with E-state index in [1.807, 2.05) is 65.2 Å². The Kier molecular flexibility index (Phi) is 9.75. The lowest BCUT2D eigenvalue weighted by Gasteiger charge is -2.20. The molecule has 0 unspecified atom stereocenters. The van der Waals surface area contributed by atoms with Gasteiger partial charge < -0.3 is 19.7 Å². The second-order valence-corrected chi connectivity index (χ2v) is 9.00. The van der Waals surface area contributed by atoms with Crippen molar-refractivity contribution in [2.45, 2.75) is 51.5 Å². The quantitative estimate of drug-likeness (QED) is 0.153. The molecule has 1 atom stereocenters. The van der Waals surface area contributed by atoms with Crippen molar-refractivity contribution in [3.05, 3.63) is 108 Å². The molecule has 0 spiro atoms. The monoisotopic (exact) mass is 512 g/mol. The molecule has 38 heavy (non-hydrogen) atoms. The number of hydrogen-bond donors (Lipinski definition) is 2. The van der Waals surface area contributed by atoms with Crippen LogP contribution < -0.4 is 5.32 Å². The van der Waals surface area contributed by atoms with Crippen LogP contribution in [0, 0.1) is 0 Å². The first-order chi connectivity index (χ1) is 18.6. The van der Waals surface area contributed by atoms with E-state index in [1.165, 1.54) is 0 Å². The Hall–Kier alpha value is -4.30. The van der Waals surface area contributed by atoms with Crippen LogP contribution in [0.1, 0.15) is 60.0 Å². The normalized spacial score (nSPS) is 11.7. The molecular weight excluding hydrogens is 480 g/mol. The van der Waals surface area contributed by atoms with Gasteiger partial charge in [-0.15, -0.1) is 0 Å². The fourth-order valence-corrected chi connectivity index (χ4v) is 4.35. The first kappa shape index (κ1) is 26.8. The van der Waals surface area contributed by atoms with Gasteiger partial charge in [0.1, 0.15) is 18.2 Å². The molecular formula is C30H32N4O4. The molecule has 2 aromatic heterocycles. The van der Waals surface area contributed by atoms with Crippen LogP contribution in [-0.2, 0) is 18.1 Å². The lowest BCUT2D eigenvalue weighted by atomic mass is 10.0. The van der Waals surface area contributed by atoms with Gasteiger partial charge in [0, 0.05) is 12.6 Å². The zero-order valence-corrected chi connectivity index (χ0v) is 21.2. The number of amides is 1. The van der Waals surface area contributed by atoms with Crippen molar-refractivity contribution in [1.29, 1.82) is 0 Å². The summed E-state index contributed by atoms with van der Waals surface area (Å²) in [5.74, 6) is 0.619. The highest BCUT2D eigenvalue weighted by Gasteiger charge is 2.22. The summed E-state index contributed by atoms with van der Waals surface area (Å²) in [6.45, 7) is 0.652. The molecule has 0 aliphatic carbocycles. The highest BCUT2D eigenvalue weighted by molar-refractivity contribution is 5.94. The van der Waals surface area contributed by atoms with Crippen molar-refractivity contribution < 1.29 is 19.4 Å². The summed E-state index contributed by atoms with van der Waals surface area (Å²) < 4.78 is 7.97. The minimum atomic E-state index is -1.11. The Morgan fingerprint density at radius 1 is 0.895 bits per heavy atom. The number of unbranched alkanes of at least 4 members (excludes halogenated alkanes) is 2. The number of imidazole rings is 1. The van der Waals surface area contributed by atoms with E-state index in [1.54, 1.807) is 30.6 Å². The van der Waals surface area contributed by atoms with Gasteiger partial charge in [-0.05, 0) is 36.1 Å². The molecule has 0 aliphatic rings. The van der Waals surface area contributed by atoms with Crippen LogP contribution in [0.15, 0.2) is 91.3 Å². The summed E-state index contributed by atoms with van der Waals surface area (Å²) in [6, 6.07) is 24.5. The number of hydrogen-bond acceptors (Lipinski definition) is 5. The first-order valence-electron chi connectivity index (χ1n) is 12.8. The molecule has 0 aliphatic heterocycles. The number of nitrogens with zero attached hydrogens (tertiary/aromatic N) is 3. The maximum absolute atomic E-state index is 12.3. The lowest BCUT2D eigenvalue weighted by Crippen LogP contribution is -2.29. The van der Waals surface area contributed by atoms with Crippen LogP contribution in [0.25, 0.3) is 11.3 Å². The zero-order valence-electron chi connectivity index (χ0n) is 21.2. The number of benzene rings is 2. The van der Waals surface area contributed by atoms with Gasteiger partial charge in [0.15, 0.2) is 5.78 Å². The van der Waals surface area contributed by atoms with Crippen molar-refractivity contribution in [1.82, 2.24) is 19.9 Å². The Morgan fingerprint density at radius 2 is 1.63 bits per heavy atom. The highest BCUT2D eigenvalue weighted by Crippen LogP contribution is 2.27. The number of ether oxygens (including phenoxy) is 1. The van der Waals surface area contributed by atoms with Crippen LogP contribution in [-0.4, -0.2) is 31.5 Å². The number of ketones is 1. The summed E-state index contributed by atoms with van der Waals surface area (Å²) in [5.41, 5.74) is 3.35. The van der Waals surface area contributed by atoms with Gasteiger partial charge in [-0.3, -0.25) is 9.78 Å². The summed E-state index contributed by atoms with van der Waals surface area (Å²) in [6.07, 6.45) is 5.46. The molecule has 2 aromatic carbocycles. The minimum absolute atomic E-state index is 0.0180. The van der Waals surface area contributed by atoms with Crippen LogP contribution in [0.3, 0.4) is 0 Å². The number of pyridine rings is 1. The smallest absolute Gasteiger partial charge is 0.405 e. The molecule has 0 radical (unpaired) electrons. The first-order valence-corrected chi connectivity index (χ1v) is 12.8. The largest absolute Gasteiger partial charge is 0.465 e. The van der Waals surface area contributed by atoms with Crippen molar-refractivity contribution in [3.8, 4) is 11.3 Å². The van der Waals surface area contributed by atoms with Gasteiger partial charge in [0.05, 0.1) is 24.5 Å². The van der Waals surface area contributed by atoms with Gasteiger partial charge in [-0.25, -0.2) is 9.78 Å². The number of nitrogens with one attached hydrogen (secondary N) is 1. The lowest BCUT2D eigenvalue weighted by molar-refractivity contribution is 0.0618. The number of carbonyl (C=O) groups is 2. The second-order valence-electron chi connectivity index (χ2n) is 9.00. The molecule has 8 heteroatoms. The van der Waals surface area contributed by atoms with E-state index in [-0.39, 0.29) is 12.5 Å².